The van der Waals surface area contributed by atoms with Gasteiger partial charge >= 0.3 is 0 Å². The molecule has 1 aliphatic heterocycles. The summed E-state index contributed by atoms with van der Waals surface area (Å²) in [5.41, 5.74) is 6.98. The maximum atomic E-state index is 14.6. The van der Waals surface area contributed by atoms with E-state index in [9.17, 15) is 22.4 Å². The van der Waals surface area contributed by atoms with E-state index < -0.39 is 39.7 Å². The minimum Gasteiger partial charge on any atom is -0.368 e. The summed E-state index contributed by atoms with van der Waals surface area (Å²) in [5, 5.41) is 3.56. The molecule has 1 heterocycles. The molecule has 0 radical (unpaired) electrons. The number of rotatable bonds is 9. The fourth-order valence-corrected chi connectivity index (χ4v) is 6.02. The summed E-state index contributed by atoms with van der Waals surface area (Å²) in [6.45, 7) is 2.06. The first-order chi connectivity index (χ1) is 18.3. The molecule has 8 nitrogen and oxygen atoms in total. The Labute approximate surface area is 236 Å². The lowest BCUT2D eigenvalue weighted by molar-refractivity contribution is -0.119. The lowest BCUT2D eigenvalue weighted by atomic mass is 9.93. The normalized spacial score (nSPS) is 15.0. The molecule has 0 aliphatic carbocycles. The third kappa shape index (κ3) is 6.70. The van der Waals surface area contributed by atoms with Gasteiger partial charge in [-0.2, -0.15) is 0 Å². The molecule has 1 saturated heterocycles. The Morgan fingerprint density at radius 3 is 1.97 bits per heavy atom. The van der Waals surface area contributed by atoms with Crippen molar-refractivity contribution < 1.29 is 22.4 Å². The van der Waals surface area contributed by atoms with Gasteiger partial charge in [0.2, 0.25) is 15.9 Å². The van der Waals surface area contributed by atoms with Gasteiger partial charge in [0.05, 0.1) is 24.0 Å². The quantitative estimate of drug-likeness (QED) is 0.390. The molecule has 3 aromatic rings. The average Bonchev–Trinajstić information content (AvgIpc) is 2.83. The smallest absolute Gasteiger partial charge is 0.252 e. The average molecular weight is 594 g/mol. The summed E-state index contributed by atoms with van der Waals surface area (Å²) in [5.74, 6) is -2.31. The minimum atomic E-state index is -3.86. The zero-order chi connectivity index (χ0) is 28.5. The molecule has 0 aromatic heterocycles. The molecule has 0 bridgehead atoms. The van der Waals surface area contributed by atoms with Crippen molar-refractivity contribution in [3.8, 4) is 0 Å². The molecule has 206 valence electrons. The molecule has 39 heavy (non-hydrogen) atoms. The third-order valence-corrected chi connectivity index (χ3v) is 8.22. The molecule has 1 fully saturated rings. The first-order valence-electron chi connectivity index (χ1n) is 12.0. The molecule has 12 heteroatoms. The van der Waals surface area contributed by atoms with Crippen molar-refractivity contribution in [3.05, 3.63) is 99.3 Å². The summed E-state index contributed by atoms with van der Waals surface area (Å²) in [6.07, 6.45) is 1.03. The van der Waals surface area contributed by atoms with Crippen LogP contribution in [-0.4, -0.2) is 56.6 Å². The predicted octanol–water partition coefficient (Wildman–Crippen LogP) is 3.98. The first-order valence-corrected chi connectivity index (χ1v) is 14.6. The number of halogens is 3. The van der Waals surface area contributed by atoms with Crippen LogP contribution in [-0.2, 0) is 14.8 Å². The zero-order valence-electron chi connectivity index (χ0n) is 21.1. The Bertz CT molecular complexity index is 1440. The van der Waals surface area contributed by atoms with Crippen LogP contribution in [0.15, 0.2) is 66.7 Å². The molecule has 2 amide bonds. The molecule has 3 aromatic carbocycles. The molecule has 0 unspecified atom stereocenters. The van der Waals surface area contributed by atoms with Crippen LogP contribution in [0.5, 0.6) is 0 Å². The van der Waals surface area contributed by atoms with Crippen molar-refractivity contribution in [1.82, 2.24) is 10.2 Å². The third-order valence-electron chi connectivity index (χ3n) is 6.49. The number of nitrogens with zero attached hydrogens (tertiary/aromatic N) is 2. The van der Waals surface area contributed by atoms with Gasteiger partial charge in [-0.15, -0.1) is 0 Å². The van der Waals surface area contributed by atoms with Gasteiger partial charge < -0.3 is 11.1 Å². The van der Waals surface area contributed by atoms with Crippen LogP contribution in [0, 0.1) is 5.82 Å². The van der Waals surface area contributed by atoms with Crippen LogP contribution in [0.4, 0.5) is 10.1 Å². The summed E-state index contributed by atoms with van der Waals surface area (Å²) >= 11 is 12.2. The molecule has 1 aliphatic rings. The zero-order valence-corrected chi connectivity index (χ0v) is 23.5. The van der Waals surface area contributed by atoms with E-state index in [4.69, 9.17) is 28.9 Å². The van der Waals surface area contributed by atoms with Crippen molar-refractivity contribution in [1.29, 1.82) is 0 Å². The number of carbonyl (C=O) groups excluding carboxylic acids is 2. The lowest BCUT2D eigenvalue weighted by Crippen LogP contribution is -2.61. The number of anilines is 1. The topological polar surface area (TPSA) is 113 Å². The molecular formula is C27H27Cl2FN4O4S. The van der Waals surface area contributed by atoms with E-state index in [1.54, 1.807) is 24.3 Å². The van der Waals surface area contributed by atoms with Crippen LogP contribution < -0.4 is 15.4 Å². The number of benzene rings is 3. The van der Waals surface area contributed by atoms with Gasteiger partial charge in [0.15, 0.2) is 0 Å². The number of hydrogen-bond acceptors (Lipinski definition) is 5. The van der Waals surface area contributed by atoms with Gasteiger partial charge in [0.1, 0.15) is 11.9 Å². The number of nitrogens with two attached hydrogens (primary N) is 1. The van der Waals surface area contributed by atoms with Crippen molar-refractivity contribution in [3.63, 3.8) is 0 Å². The lowest BCUT2D eigenvalue weighted by Gasteiger charge is -2.48. The van der Waals surface area contributed by atoms with Crippen molar-refractivity contribution in [2.24, 2.45) is 5.73 Å². The highest BCUT2D eigenvalue weighted by Crippen LogP contribution is 2.37. The Hall–Kier alpha value is -3.18. The highest BCUT2D eigenvalue weighted by molar-refractivity contribution is 7.92. The molecule has 1 atom stereocenters. The Kier molecular flexibility index (Phi) is 8.51. The van der Waals surface area contributed by atoms with Crippen LogP contribution >= 0.6 is 23.2 Å². The van der Waals surface area contributed by atoms with Crippen LogP contribution in [0.1, 0.15) is 34.5 Å². The van der Waals surface area contributed by atoms with Gasteiger partial charge in [0.25, 0.3) is 5.91 Å². The van der Waals surface area contributed by atoms with E-state index in [2.05, 4.69) is 10.2 Å². The fraction of sp³-hybridized carbons (Fsp3) is 0.259. The van der Waals surface area contributed by atoms with Crippen molar-refractivity contribution in [2.75, 3.05) is 23.7 Å². The van der Waals surface area contributed by atoms with Crippen LogP contribution in [0.25, 0.3) is 0 Å². The number of carbonyl (C=O) groups is 2. The van der Waals surface area contributed by atoms with Gasteiger partial charge in [0, 0.05) is 28.7 Å². The number of likely N-dealkylation sites (tertiary alicyclic amines) is 1. The highest BCUT2D eigenvalue weighted by atomic mass is 35.5. The van der Waals surface area contributed by atoms with E-state index in [0.29, 0.717) is 23.1 Å². The van der Waals surface area contributed by atoms with Crippen molar-refractivity contribution in [2.45, 2.75) is 25.0 Å². The Balaban J connectivity index is 1.63. The van der Waals surface area contributed by atoms with E-state index in [1.807, 2.05) is 24.3 Å². The SMILES string of the molecule is C[C@H](NC(=O)c1cc(F)cc(N(C2CN(C(c3ccc(Cl)cc3)c3ccc(Cl)cc3)C2)S(C)(=O)=O)c1)C(N)=O. The largest absolute Gasteiger partial charge is 0.368 e. The Morgan fingerprint density at radius 2 is 1.51 bits per heavy atom. The maximum Gasteiger partial charge on any atom is 0.252 e. The van der Waals surface area contributed by atoms with E-state index in [0.717, 1.165) is 33.8 Å². The predicted molar refractivity (Wildman–Crippen MR) is 150 cm³/mol. The molecular weight excluding hydrogens is 566 g/mol. The van der Waals surface area contributed by atoms with E-state index in [-0.39, 0.29) is 17.3 Å². The number of sulfonamides is 1. The minimum absolute atomic E-state index is 0.00793. The highest BCUT2D eigenvalue weighted by Gasteiger charge is 2.41. The second-order valence-electron chi connectivity index (χ2n) is 9.47. The fourth-order valence-electron chi connectivity index (χ4n) is 4.61. The monoisotopic (exact) mass is 592 g/mol. The van der Waals surface area contributed by atoms with Gasteiger partial charge in [-0.25, -0.2) is 12.8 Å². The first kappa shape index (κ1) is 28.8. The summed E-state index contributed by atoms with van der Waals surface area (Å²) < 4.78 is 41.6. The van der Waals surface area contributed by atoms with Gasteiger partial charge in [-0.1, -0.05) is 47.5 Å². The van der Waals surface area contributed by atoms with Crippen LogP contribution in [0.3, 0.4) is 0 Å². The number of primary amides is 1. The standard InChI is InChI=1S/C27H27Cl2FN4O4S/c1-16(26(31)35)32-27(36)19-11-22(30)13-23(12-19)34(39(2,37)38)24-14-33(15-24)25(17-3-7-20(28)8-4-17)18-5-9-21(29)10-6-18/h3-13,16,24-25H,14-15H2,1-2H3,(H2,31,35)(H,32,36)/t16-/m0/s1. The molecule has 3 N–H and O–H groups in total. The number of nitrogens with one attached hydrogen (secondary N) is 1. The second-order valence-corrected chi connectivity index (χ2v) is 12.2. The Morgan fingerprint density at radius 1 is 1.00 bits per heavy atom. The van der Waals surface area contributed by atoms with Gasteiger partial charge in [-0.05, 0) is 60.5 Å². The number of hydrogen-bond donors (Lipinski definition) is 2. The summed E-state index contributed by atoms with van der Waals surface area (Å²) in [6, 6.07) is 16.4. The van der Waals surface area contributed by atoms with Crippen LogP contribution in [0.2, 0.25) is 10.0 Å². The molecule has 0 saturated carbocycles. The summed E-state index contributed by atoms with van der Waals surface area (Å²) in [7, 11) is -3.86. The number of amides is 2. The summed E-state index contributed by atoms with van der Waals surface area (Å²) in [4.78, 5) is 26.0. The maximum absolute atomic E-state index is 14.6. The van der Waals surface area contributed by atoms with Crippen molar-refractivity contribution >= 4 is 50.7 Å². The second kappa shape index (κ2) is 11.5. The molecule has 4 rings (SSSR count). The van der Waals surface area contributed by atoms with Gasteiger partial charge in [-0.3, -0.25) is 18.8 Å². The van der Waals surface area contributed by atoms with E-state index >= 15 is 0 Å². The molecule has 0 spiro atoms. The van der Waals surface area contributed by atoms with E-state index in [1.165, 1.54) is 13.0 Å².